The summed E-state index contributed by atoms with van der Waals surface area (Å²) in [5.41, 5.74) is 6.72. The standard InChI is InChI=1S/C14H25NO2/c15-14(7-3-8-16-11-14)12-4-9-17-13(10-12)5-1-2-6-13/h12H,1-11,15H2. The fourth-order valence-corrected chi connectivity index (χ4v) is 4.05. The lowest BCUT2D eigenvalue weighted by molar-refractivity contribution is -0.117. The molecule has 1 spiro atoms. The van der Waals surface area contributed by atoms with Crippen LogP contribution in [0.1, 0.15) is 51.4 Å². The van der Waals surface area contributed by atoms with Gasteiger partial charge in [-0.25, -0.2) is 0 Å². The van der Waals surface area contributed by atoms with Crippen molar-refractivity contribution in [2.75, 3.05) is 19.8 Å². The monoisotopic (exact) mass is 239 g/mol. The fourth-order valence-electron chi connectivity index (χ4n) is 4.05. The molecule has 1 aliphatic carbocycles. The van der Waals surface area contributed by atoms with E-state index >= 15 is 0 Å². The summed E-state index contributed by atoms with van der Waals surface area (Å²) in [7, 11) is 0. The molecule has 2 saturated heterocycles. The zero-order valence-electron chi connectivity index (χ0n) is 10.7. The average molecular weight is 239 g/mol. The predicted molar refractivity (Wildman–Crippen MR) is 66.8 cm³/mol. The van der Waals surface area contributed by atoms with Crippen LogP contribution in [0, 0.1) is 5.92 Å². The Morgan fingerprint density at radius 2 is 1.82 bits per heavy atom. The van der Waals surface area contributed by atoms with Gasteiger partial charge in [-0.2, -0.15) is 0 Å². The molecular formula is C14H25NO2. The lowest BCUT2D eigenvalue weighted by Crippen LogP contribution is -2.57. The molecule has 3 nitrogen and oxygen atoms in total. The largest absolute Gasteiger partial charge is 0.380 e. The van der Waals surface area contributed by atoms with Crippen LogP contribution in [-0.4, -0.2) is 31.0 Å². The second-order valence-electron chi connectivity index (χ2n) is 6.32. The minimum atomic E-state index is -0.0718. The molecule has 3 heteroatoms. The van der Waals surface area contributed by atoms with Crippen molar-refractivity contribution in [2.45, 2.75) is 62.5 Å². The maximum Gasteiger partial charge on any atom is 0.0686 e. The van der Waals surface area contributed by atoms with Gasteiger partial charge in [0.15, 0.2) is 0 Å². The molecule has 98 valence electrons. The number of rotatable bonds is 1. The van der Waals surface area contributed by atoms with Gasteiger partial charge in [-0.15, -0.1) is 0 Å². The van der Waals surface area contributed by atoms with Crippen molar-refractivity contribution < 1.29 is 9.47 Å². The van der Waals surface area contributed by atoms with Crippen LogP contribution >= 0.6 is 0 Å². The van der Waals surface area contributed by atoms with Gasteiger partial charge in [-0.3, -0.25) is 0 Å². The van der Waals surface area contributed by atoms with E-state index in [1.54, 1.807) is 0 Å². The Morgan fingerprint density at radius 1 is 1.00 bits per heavy atom. The number of nitrogens with two attached hydrogens (primary N) is 1. The van der Waals surface area contributed by atoms with Crippen LogP contribution < -0.4 is 5.73 Å². The van der Waals surface area contributed by atoms with E-state index in [2.05, 4.69) is 0 Å². The maximum atomic E-state index is 6.60. The molecule has 0 aromatic heterocycles. The van der Waals surface area contributed by atoms with Crippen LogP contribution in [0.15, 0.2) is 0 Å². The number of ether oxygens (including phenoxy) is 2. The van der Waals surface area contributed by atoms with Crippen molar-refractivity contribution in [1.29, 1.82) is 0 Å². The average Bonchev–Trinajstić information content (AvgIpc) is 2.78. The first-order valence-corrected chi connectivity index (χ1v) is 7.23. The van der Waals surface area contributed by atoms with Crippen LogP contribution in [0.4, 0.5) is 0 Å². The zero-order chi connectivity index (χ0) is 11.8. The second kappa shape index (κ2) is 4.52. The third-order valence-corrected chi connectivity index (χ3v) is 5.12. The van der Waals surface area contributed by atoms with Crippen molar-refractivity contribution in [1.82, 2.24) is 0 Å². The highest BCUT2D eigenvalue weighted by Gasteiger charge is 2.46. The summed E-state index contributed by atoms with van der Waals surface area (Å²) in [4.78, 5) is 0. The minimum absolute atomic E-state index is 0.0718. The zero-order valence-corrected chi connectivity index (χ0v) is 10.7. The topological polar surface area (TPSA) is 44.5 Å². The Kier molecular flexibility index (Phi) is 3.18. The molecule has 2 unspecified atom stereocenters. The molecule has 1 saturated carbocycles. The molecule has 2 N–H and O–H groups in total. The van der Waals surface area contributed by atoms with Gasteiger partial charge >= 0.3 is 0 Å². The Morgan fingerprint density at radius 3 is 2.53 bits per heavy atom. The Hall–Kier alpha value is -0.120. The van der Waals surface area contributed by atoms with Gasteiger partial charge in [0.1, 0.15) is 0 Å². The van der Waals surface area contributed by atoms with Crippen molar-refractivity contribution >= 4 is 0 Å². The summed E-state index contributed by atoms with van der Waals surface area (Å²) in [6.45, 7) is 2.56. The molecule has 0 radical (unpaired) electrons. The van der Waals surface area contributed by atoms with Crippen molar-refractivity contribution in [3.05, 3.63) is 0 Å². The van der Waals surface area contributed by atoms with E-state index in [0.717, 1.165) is 39.1 Å². The first-order valence-electron chi connectivity index (χ1n) is 7.23. The molecule has 2 aliphatic heterocycles. The highest BCUT2D eigenvalue weighted by molar-refractivity contribution is 5.00. The van der Waals surface area contributed by atoms with Crippen LogP contribution in [-0.2, 0) is 9.47 Å². The van der Waals surface area contributed by atoms with Crippen LogP contribution in [0.5, 0.6) is 0 Å². The minimum Gasteiger partial charge on any atom is -0.380 e. The Bertz CT molecular complexity index is 267. The molecule has 2 heterocycles. The second-order valence-corrected chi connectivity index (χ2v) is 6.32. The molecule has 2 atom stereocenters. The van der Waals surface area contributed by atoms with Crippen molar-refractivity contribution in [2.24, 2.45) is 11.7 Å². The van der Waals surface area contributed by atoms with Gasteiger partial charge in [0.25, 0.3) is 0 Å². The molecule has 0 bridgehead atoms. The first-order chi connectivity index (χ1) is 8.23. The van der Waals surface area contributed by atoms with E-state index in [1.807, 2.05) is 0 Å². The molecular weight excluding hydrogens is 214 g/mol. The Balaban J connectivity index is 1.70. The van der Waals surface area contributed by atoms with Gasteiger partial charge in [0.2, 0.25) is 0 Å². The summed E-state index contributed by atoms with van der Waals surface area (Å²) < 4.78 is 11.7. The predicted octanol–water partition coefficient (Wildman–Crippen LogP) is 2.23. The number of hydrogen-bond acceptors (Lipinski definition) is 3. The molecule has 3 rings (SSSR count). The quantitative estimate of drug-likeness (QED) is 0.763. The summed E-state index contributed by atoms with van der Waals surface area (Å²) in [5.74, 6) is 0.606. The SMILES string of the molecule is NC1(C2CCOC3(CCCC3)C2)CCCOC1. The molecule has 0 amide bonds. The maximum absolute atomic E-state index is 6.60. The molecule has 3 aliphatic rings. The van der Waals surface area contributed by atoms with Gasteiger partial charge in [0.05, 0.1) is 12.2 Å². The molecule has 3 fully saturated rings. The summed E-state index contributed by atoms with van der Waals surface area (Å²) in [6.07, 6.45) is 9.73. The van der Waals surface area contributed by atoms with E-state index in [1.165, 1.54) is 32.1 Å². The summed E-state index contributed by atoms with van der Waals surface area (Å²) in [5, 5.41) is 0. The van der Waals surface area contributed by atoms with Gasteiger partial charge in [-0.05, 0) is 44.4 Å². The molecule has 0 aromatic rings. The van der Waals surface area contributed by atoms with E-state index < -0.39 is 0 Å². The van der Waals surface area contributed by atoms with E-state index in [0.29, 0.717) is 5.92 Å². The third-order valence-electron chi connectivity index (χ3n) is 5.12. The van der Waals surface area contributed by atoms with Crippen LogP contribution in [0.2, 0.25) is 0 Å². The highest BCUT2D eigenvalue weighted by Crippen LogP contribution is 2.45. The fraction of sp³-hybridized carbons (Fsp3) is 1.00. The molecule has 0 aromatic carbocycles. The lowest BCUT2D eigenvalue weighted by Gasteiger charge is -2.47. The summed E-state index contributed by atoms with van der Waals surface area (Å²) >= 11 is 0. The van der Waals surface area contributed by atoms with Gasteiger partial charge in [0, 0.05) is 18.8 Å². The van der Waals surface area contributed by atoms with E-state index in [-0.39, 0.29) is 11.1 Å². The highest BCUT2D eigenvalue weighted by atomic mass is 16.5. The smallest absolute Gasteiger partial charge is 0.0686 e. The van der Waals surface area contributed by atoms with Crippen LogP contribution in [0.3, 0.4) is 0 Å². The van der Waals surface area contributed by atoms with Crippen molar-refractivity contribution in [3.63, 3.8) is 0 Å². The Labute approximate surface area is 104 Å². The number of hydrogen-bond donors (Lipinski definition) is 1. The van der Waals surface area contributed by atoms with Gasteiger partial charge in [-0.1, -0.05) is 12.8 Å². The molecule has 17 heavy (non-hydrogen) atoms. The van der Waals surface area contributed by atoms with Crippen LogP contribution in [0.25, 0.3) is 0 Å². The normalized spacial score (nSPS) is 41.8. The third kappa shape index (κ3) is 2.25. The first kappa shape index (κ1) is 11.9. The van der Waals surface area contributed by atoms with Gasteiger partial charge < -0.3 is 15.2 Å². The van der Waals surface area contributed by atoms with Crippen molar-refractivity contribution in [3.8, 4) is 0 Å². The van der Waals surface area contributed by atoms with E-state index in [9.17, 15) is 0 Å². The summed E-state index contributed by atoms with van der Waals surface area (Å²) in [6, 6.07) is 0. The lowest BCUT2D eigenvalue weighted by atomic mass is 9.71. The van der Waals surface area contributed by atoms with E-state index in [4.69, 9.17) is 15.2 Å².